The first-order valence-electron chi connectivity index (χ1n) is 19.7. The Labute approximate surface area is 331 Å². The maximum atomic E-state index is 5.41. The molecule has 1 aliphatic heterocycles. The Balaban J connectivity index is 1.15. The van der Waals surface area contributed by atoms with Gasteiger partial charge in [-0.05, 0) is 101 Å². The van der Waals surface area contributed by atoms with Crippen LogP contribution in [0.3, 0.4) is 0 Å². The minimum Gasteiger partial charge on any atom is -0.324 e. The Kier molecular flexibility index (Phi) is 6.91. The van der Waals surface area contributed by atoms with Crippen LogP contribution in [-0.4, -0.2) is 11.7 Å². The highest BCUT2D eigenvalue weighted by molar-refractivity contribution is 6.17. The quantitative estimate of drug-likeness (QED) is 0.193. The average Bonchev–Trinajstić information content (AvgIpc) is 3.75. The fourth-order valence-corrected chi connectivity index (χ4v) is 9.86. The van der Waals surface area contributed by atoms with Crippen LogP contribution in [-0.2, 0) is 5.41 Å². The topological polar surface area (TPSA) is 36.8 Å². The largest absolute Gasteiger partial charge is 0.324 e. The van der Waals surface area contributed by atoms with Gasteiger partial charge in [0, 0.05) is 11.1 Å². The first kappa shape index (κ1) is 31.9. The number of amidine groups is 2. The third-order valence-electron chi connectivity index (χ3n) is 12.3. The maximum absolute atomic E-state index is 5.41. The van der Waals surface area contributed by atoms with Gasteiger partial charge in [0.15, 0.2) is 6.17 Å². The van der Waals surface area contributed by atoms with Crippen molar-refractivity contribution in [3.8, 4) is 33.4 Å². The zero-order chi connectivity index (χ0) is 37.5. The van der Waals surface area contributed by atoms with E-state index in [4.69, 9.17) is 9.98 Å². The predicted molar refractivity (Wildman–Crippen MR) is 235 cm³/mol. The lowest BCUT2D eigenvalue weighted by Gasteiger charge is -2.31. The molecule has 1 heterocycles. The average molecular weight is 726 g/mol. The first-order valence-corrected chi connectivity index (χ1v) is 19.7. The van der Waals surface area contributed by atoms with Gasteiger partial charge in [-0.25, -0.2) is 9.98 Å². The molecule has 0 aromatic heterocycles. The number of aliphatic imine (C=N–C) groups is 2. The number of rotatable bonds is 4. The molecular formula is C54H35N3. The second-order valence-corrected chi connectivity index (χ2v) is 15.3. The number of benzene rings is 9. The van der Waals surface area contributed by atoms with E-state index in [0.29, 0.717) is 0 Å². The molecule has 1 atom stereocenters. The third-order valence-corrected chi connectivity index (χ3v) is 12.3. The number of fused-ring (bicyclic) bond motifs is 12. The normalized spacial score (nSPS) is 15.7. The molecule has 9 aromatic rings. The van der Waals surface area contributed by atoms with Crippen LogP contribution in [0.25, 0.3) is 54.9 Å². The van der Waals surface area contributed by atoms with Gasteiger partial charge in [-0.15, -0.1) is 0 Å². The van der Waals surface area contributed by atoms with E-state index in [9.17, 15) is 0 Å². The monoisotopic (exact) mass is 725 g/mol. The van der Waals surface area contributed by atoms with Crippen LogP contribution < -0.4 is 5.32 Å². The summed E-state index contributed by atoms with van der Waals surface area (Å²) in [7, 11) is 0. The minimum atomic E-state index is -0.537. The van der Waals surface area contributed by atoms with Crippen molar-refractivity contribution in [3.63, 3.8) is 0 Å². The Morgan fingerprint density at radius 1 is 0.368 bits per heavy atom. The summed E-state index contributed by atoms with van der Waals surface area (Å²) >= 11 is 0. The molecule has 0 amide bonds. The second-order valence-electron chi connectivity index (χ2n) is 15.3. The Morgan fingerprint density at radius 2 is 0.965 bits per heavy atom. The van der Waals surface area contributed by atoms with Crippen molar-refractivity contribution in [1.82, 2.24) is 5.32 Å². The molecule has 1 spiro atoms. The van der Waals surface area contributed by atoms with Crippen molar-refractivity contribution in [3.05, 3.63) is 239 Å². The Hall–Kier alpha value is -7.36. The summed E-state index contributed by atoms with van der Waals surface area (Å²) in [5.74, 6) is 1.62. The van der Waals surface area contributed by atoms with E-state index in [1.807, 2.05) is 6.07 Å². The Bertz CT molecular complexity index is 3110. The van der Waals surface area contributed by atoms with Crippen LogP contribution in [0.2, 0.25) is 0 Å². The molecule has 1 unspecified atom stereocenters. The summed E-state index contributed by atoms with van der Waals surface area (Å²) in [6.07, 6.45) is -0.464. The molecule has 3 nitrogen and oxygen atoms in total. The number of hydrogen-bond donors (Lipinski definition) is 1. The number of nitrogens with zero attached hydrogens (tertiary/aromatic N) is 2. The third kappa shape index (κ3) is 4.66. The molecule has 0 saturated carbocycles. The molecule has 3 aliphatic rings. The van der Waals surface area contributed by atoms with E-state index in [-0.39, 0.29) is 0 Å². The minimum absolute atomic E-state index is 0.464. The highest BCUT2D eigenvalue weighted by Crippen LogP contribution is 2.65. The molecule has 2 aliphatic carbocycles. The molecule has 0 fully saturated rings. The van der Waals surface area contributed by atoms with Crippen molar-refractivity contribution in [1.29, 1.82) is 0 Å². The van der Waals surface area contributed by atoms with Crippen LogP contribution in [0, 0.1) is 0 Å². The van der Waals surface area contributed by atoms with E-state index in [1.165, 1.54) is 77.2 Å². The maximum Gasteiger partial charge on any atom is 0.169 e. The molecule has 9 aromatic carbocycles. The summed E-state index contributed by atoms with van der Waals surface area (Å²) in [4.78, 5) is 10.8. The van der Waals surface area contributed by atoms with Crippen LogP contribution in [0.5, 0.6) is 0 Å². The van der Waals surface area contributed by atoms with E-state index in [1.54, 1.807) is 0 Å². The molecule has 57 heavy (non-hydrogen) atoms. The van der Waals surface area contributed by atoms with Crippen molar-refractivity contribution in [2.75, 3.05) is 0 Å². The molecule has 266 valence electrons. The predicted octanol–water partition coefficient (Wildman–Crippen LogP) is 12.5. The van der Waals surface area contributed by atoms with E-state index in [0.717, 1.165) is 28.4 Å². The fraction of sp³-hybridized carbons (Fsp3) is 0.0370. The fourth-order valence-electron chi connectivity index (χ4n) is 9.86. The van der Waals surface area contributed by atoms with E-state index >= 15 is 0 Å². The molecule has 0 radical (unpaired) electrons. The smallest absolute Gasteiger partial charge is 0.169 e. The van der Waals surface area contributed by atoms with Crippen LogP contribution in [0.15, 0.2) is 210 Å². The zero-order valence-corrected chi connectivity index (χ0v) is 31.0. The van der Waals surface area contributed by atoms with Crippen LogP contribution >= 0.6 is 0 Å². The number of nitrogens with one attached hydrogen (secondary N) is 1. The lowest BCUT2D eigenvalue weighted by Crippen LogP contribution is -2.36. The van der Waals surface area contributed by atoms with Gasteiger partial charge in [-0.2, -0.15) is 0 Å². The lowest BCUT2D eigenvalue weighted by atomic mass is 9.69. The van der Waals surface area contributed by atoms with Crippen molar-refractivity contribution in [2.45, 2.75) is 11.6 Å². The van der Waals surface area contributed by atoms with Crippen molar-refractivity contribution in [2.24, 2.45) is 9.98 Å². The summed E-state index contributed by atoms with van der Waals surface area (Å²) in [5.41, 5.74) is 15.4. The van der Waals surface area contributed by atoms with Gasteiger partial charge >= 0.3 is 0 Å². The molecule has 3 heteroatoms. The molecule has 0 saturated heterocycles. The summed E-state index contributed by atoms with van der Waals surface area (Å²) in [5, 5.41) is 8.52. The van der Waals surface area contributed by atoms with Gasteiger partial charge in [-0.1, -0.05) is 182 Å². The van der Waals surface area contributed by atoms with Gasteiger partial charge in [0.2, 0.25) is 0 Å². The van der Waals surface area contributed by atoms with Gasteiger partial charge in [0.05, 0.1) is 5.41 Å². The SMILES string of the molecule is c1ccc(C2=NC(c3ccc4c(c3)C3(c5ccccc5-c5ccccc53)c3cc5ccccc5c(-c5ccccc5)c3-4)N=C(c3ccc4ccccc4c3)N2)cc1. The zero-order valence-electron chi connectivity index (χ0n) is 31.0. The molecule has 1 N–H and O–H groups in total. The van der Waals surface area contributed by atoms with Crippen molar-refractivity contribution >= 4 is 33.2 Å². The number of hydrogen-bond acceptors (Lipinski definition) is 3. The standard InChI is InChI=1S/C54H35N3/c1-3-16-35(17-4-1)49-41-22-10-9-21-38(41)32-48-50(49)44-30-29-40(33-47(44)54(48)45-25-13-11-23-42(45)43-24-12-14-26-46(43)54)53-56-51(36-18-5-2-6-19-36)55-52(57-53)39-28-27-34-15-7-8-20-37(34)31-39/h1-33,53H,(H,55,56,57). The summed E-state index contributed by atoms with van der Waals surface area (Å²) < 4.78 is 0. The molecule has 12 rings (SSSR count). The lowest BCUT2D eigenvalue weighted by molar-refractivity contribution is 0.744. The highest BCUT2D eigenvalue weighted by atomic mass is 15.2. The van der Waals surface area contributed by atoms with Gasteiger partial charge < -0.3 is 5.32 Å². The van der Waals surface area contributed by atoms with Crippen LogP contribution in [0.4, 0.5) is 0 Å². The van der Waals surface area contributed by atoms with Gasteiger partial charge in [-0.3, -0.25) is 0 Å². The van der Waals surface area contributed by atoms with E-state index in [2.05, 4.69) is 199 Å². The highest BCUT2D eigenvalue weighted by Gasteiger charge is 2.52. The summed E-state index contributed by atoms with van der Waals surface area (Å²) in [6.45, 7) is 0. The first-order chi connectivity index (χ1) is 28.3. The van der Waals surface area contributed by atoms with Gasteiger partial charge in [0.25, 0.3) is 0 Å². The molecule has 0 bridgehead atoms. The summed E-state index contributed by atoms with van der Waals surface area (Å²) in [6, 6.07) is 72.9. The van der Waals surface area contributed by atoms with Gasteiger partial charge in [0.1, 0.15) is 11.7 Å². The molecular weight excluding hydrogens is 691 g/mol. The second kappa shape index (κ2) is 12.3. The van der Waals surface area contributed by atoms with Crippen LogP contribution in [0.1, 0.15) is 45.1 Å². The Morgan fingerprint density at radius 3 is 1.70 bits per heavy atom. The van der Waals surface area contributed by atoms with Crippen molar-refractivity contribution < 1.29 is 0 Å². The van der Waals surface area contributed by atoms with E-state index < -0.39 is 11.6 Å².